The third kappa shape index (κ3) is 3.88. The van der Waals surface area contributed by atoms with Gasteiger partial charge in [0.05, 0.1) is 30.3 Å². The molecule has 1 spiro atoms. The molecule has 3 heterocycles. The molecule has 3 saturated heterocycles. The highest BCUT2D eigenvalue weighted by Gasteiger charge is 2.46. The molecule has 0 radical (unpaired) electrons. The maximum atomic E-state index is 13.4. The van der Waals surface area contributed by atoms with Gasteiger partial charge in [-0.2, -0.15) is 4.31 Å². The van der Waals surface area contributed by atoms with E-state index in [1.807, 2.05) is 0 Å². The summed E-state index contributed by atoms with van der Waals surface area (Å²) in [5, 5.41) is 0. The van der Waals surface area contributed by atoms with Crippen molar-refractivity contribution < 1.29 is 26.7 Å². The smallest absolute Gasteiger partial charge is 0.243 e. The molecule has 3 aliphatic rings. The molecular weight excluding hydrogens is 378 g/mol. The van der Waals surface area contributed by atoms with Crippen LogP contribution in [0.5, 0.6) is 0 Å². The topological polar surface area (TPSA) is 59.1 Å². The van der Waals surface area contributed by atoms with Gasteiger partial charge in [0.25, 0.3) is 0 Å². The Morgan fingerprint density at radius 2 is 1.63 bits per heavy atom. The normalized spacial score (nSPS) is 27.3. The van der Waals surface area contributed by atoms with Crippen LogP contribution in [0.2, 0.25) is 0 Å². The maximum Gasteiger partial charge on any atom is 0.243 e. The minimum atomic E-state index is -3.92. The fourth-order valence-corrected chi connectivity index (χ4v) is 5.79. The number of piperidine rings is 1. The number of morpholine rings is 1. The van der Waals surface area contributed by atoms with Crippen LogP contribution in [0.15, 0.2) is 23.1 Å². The first-order chi connectivity index (χ1) is 12.9. The van der Waals surface area contributed by atoms with Crippen molar-refractivity contribution >= 4 is 10.0 Å². The minimum Gasteiger partial charge on any atom is -0.379 e. The molecule has 6 nitrogen and oxygen atoms in total. The van der Waals surface area contributed by atoms with Gasteiger partial charge in [0.15, 0.2) is 0 Å². The monoisotopic (exact) mass is 402 g/mol. The highest BCUT2D eigenvalue weighted by molar-refractivity contribution is 7.89. The van der Waals surface area contributed by atoms with Crippen LogP contribution in [0.4, 0.5) is 8.78 Å². The second-order valence-corrected chi connectivity index (χ2v) is 9.45. The Bertz CT molecular complexity index is 770. The summed E-state index contributed by atoms with van der Waals surface area (Å²) in [6.45, 7) is 4.50. The Hall–Kier alpha value is -1.13. The van der Waals surface area contributed by atoms with Crippen LogP contribution in [0.3, 0.4) is 0 Å². The molecular formula is C18H24F2N2O4S. The molecule has 0 N–H and O–H groups in total. The van der Waals surface area contributed by atoms with Gasteiger partial charge >= 0.3 is 0 Å². The quantitative estimate of drug-likeness (QED) is 0.769. The first kappa shape index (κ1) is 19.2. The summed E-state index contributed by atoms with van der Waals surface area (Å²) in [5.41, 5.74) is -0.303. The maximum absolute atomic E-state index is 13.4. The zero-order valence-electron chi connectivity index (χ0n) is 15.1. The molecule has 0 saturated carbocycles. The Morgan fingerprint density at radius 3 is 2.26 bits per heavy atom. The molecule has 3 aliphatic heterocycles. The Morgan fingerprint density at radius 1 is 1.00 bits per heavy atom. The summed E-state index contributed by atoms with van der Waals surface area (Å²) in [6, 6.07) is 2.74. The van der Waals surface area contributed by atoms with Gasteiger partial charge in [0, 0.05) is 38.3 Å². The van der Waals surface area contributed by atoms with E-state index in [2.05, 4.69) is 4.90 Å². The van der Waals surface area contributed by atoms with Gasteiger partial charge in [-0.3, -0.25) is 4.90 Å². The van der Waals surface area contributed by atoms with Gasteiger partial charge in [-0.15, -0.1) is 0 Å². The molecule has 0 amide bonds. The van der Waals surface area contributed by atoms with Gasteiger partial charge in [-0.25, -0.2) is 17.2 Å². The van der Waals surface area contributed by atoms with Crippen molar-refractivity contribution in [2.75, 3.05) is 46.0 Å². The summed E-state index contributed by atoms with van der Waals surface area (Å²) >= 11 is 0. The van der Waals surface area contributed by atoms with Crippen LogP contribution in [0.25, 0.3) is 0 Å². The standard InChI is InChI=1S/C18H24F2N2O4S/c19-14-9-15(20)11-17(10-14)27(23,24)22-3-1-18(2-4-22)12-16(13-26-18)21-5-7-25-8-6-21/h9-11,16H,1-8,12-13H2/t16-/m0/s1. The Balaban J connectivity index is 1.41. The fourth-order valence-electron chi connectivity index (χ4n) is 4.31. The number of hydrogen-bond acceptors (Lipinski definition) is 5. The number of rotatable bonds is 3. The fraction of sp³-hybridized carbons (Fsp3) is 0.667. The summed E-state index contributed by atoms with van der Waals surface area (Å²) in [7, 11) is -3.92. The van der Waals surface area contributed by atoms with Crippen molar-refractivity contribution in [3.8, 4) is 0 Å². The van der Waals surface area contributed by atoms with Gasteiger partial charge in [-0.05, 0) is 31.4 Å². The van der Waals surface area contributed by atoms with Crippen molar-refractivity contribution in [3.05, 3.63) is 29.8 Å². The van der Waals surface area contributed by atoms with Gasteiger partial charge in [-0.1, -0.05) is 0 Å². The third-order valence-electron chi connectivity index (χ3n) is 5.86. The molecule has 150 valence electrons. The van der Waals surface area contributed by atoms with Crippen molar-refractivity contribution in [1.29, 1.82) is 0 Å². The number of ether oxygens (including phenoxy) is 2. The number of hydrogen-bond donors (Lipinski definition) is 0. The van der Waals surface area contributed by atoms with E-state index in [1.54, 1.807) is 0 Å². The van der Waals surface area contributed by atoms with E-state index < -0.39 is 21.7 Å². The molecule has 27 heavy (non-hydrogen) atoms. The molecule has 0 unspecified atom stereocenters. The lowest BCUT2D eigenvalue weighted by molar-refractivity contribution is -0.0328. The van der Waals surface area contributed by atoms with Gasteiger partial charge in [0.1, 0.15) is 11.6 Å². The molecule has 0 aromatic heterocycles. The molecule has 1 atom stereocenters. The zero-order chi connectivity index (χ0) is 19.1. The molecule has 4 rings (SSSR count). The summed E-state index contributed by atoms with van der Waals surface area (Å²) in [4.78, 5) is 2.05. The van der Waals surface area contributed by atoms with Gasteiger partial charge in [0.2, 0.25) is 10.0 Å². The van der Waals surface area contributed by atoms with E-state index >= 15 is 0 Å². The first-order valence-corrected chi connectivity index (χ1v) is 10.7. The highest BCUT2D eigenvalue weighted by atomic mass is 32.2. The second kappa shape index (κ2) is 7.36. The van der Waals surface area contributed by atoms with E-state index in [-0.39, 0.29) is 23.6 Å². The summed E-state index contributed by atoms with van der Waals surface area (Å²) in [6.07, 6.45) is 2.06. The van der Waals surface area contributed by atoms with Crippen molar-refractivity contribution in [2.24, 2.45) is 0 Å². The van der Waals surface area contributed by atoms with Crippen LogP contribution in [0, 0.1) is 11.6 Å². The van der Waals surface area contributed by atoms with E-state index in [0.29, 0.717) is 31.6 Å². The van der Waals surface area contributed by atoms with Crippen molar-refractivity contribution in [1.82, 2.24) is 9.21 Å². The van der Waals surface area contributed by atoms with Crippen LogP contribution in [-0.4, -0.2) is 75.3 Å². The predicted octanol–water partition coefficient (Wildman–Crippen LogP) is 1.61. The number of nitrogens with zero attached hydrogens (tertiary/aromatic N) is 2. The second-order valence-electron chi connectivity index (χ2n) is 7.51. The van der Waals surface area contributed by atoms with Crippen molar-refractivity contribution in [3.63, 3.8) is 0 Å². The molecule has 1 aromatic carbocycles. The largest absolute Gasteiger partial charge is 0.379 e. The number of benzene rings is 1. The SMILES string of the molecule is O=S(=O)(c1cc(F)cc(F)c1)N1CCC2(CC1)C[C@H](N1CCOCC1)CO2. The Kier molecular flexibility index (Phi) is 5.24. The number of sulfonamides is 1. The van der Waals surface area contributed by atoms with E-state index in [4.69, 9.17) is 9.47 Å². The lowest BCUT2D eigenvalue weighted by Crippen LogP contribution is -2.48. The lowest BCUT2D eigenvalue weighted by Gasteiger charge is -2.38. The van der Waals surface area contributed by atoms with E-state index in [0.717, 1.165) is 44.9 Å². The molecule has 3 fully saturated rings. The minimum absolute atomic E-state index is 0.288. The zero-order valence-corrected chi connectivity index (χ0v) is 15.9. The predicted molar refractivity (Wildman–Crippen MR) is 93.8 cm³/mol. The third-order valence-corrected chi connectivity index (χ3v) is 7.74. The summed E-state index contributed by atoms with van der Waals surface area (Å²) < 4.78 is 65.2. The van der Waals surface area contributed by atoms with Gasteiger partial charge < -0.3 is 9.47 Å². The average molecular weight is 402 g/mol. The molecule has 9 heteroatoms. The van der Waals surface area contributed by atoms with Crippen LogP contribution in [0.1, 0.15) is 19.3 Å². The molecule has 1 aromatic rings. The number of halogens is 2. The average Bonchev–Trinajstić information content (AvgIpc) is 3.06. The van der Waals surface area contributed by atoms with E-state index in [9.17, 15) is 17.2 Å². The first-order valence-electron chi connectivity index (χ1n) is 9.30. The molecule has 0 bridgehead atoms. The van der Waals surface area contributed by atoms with Crippen LogP contribution >= 0.6 is 0 Å². The molecule has 0 aliphatic carbocycles. The summed E-state index contributed by atoms with van der Waals surface area (Å²) in [5.74, 6) is -1.79. The lowest BCUT2D eigenvalue weighted by atomic mass is 9.88. The van der Waals surface area contributed by atoms with E-state index in [1.165, 1.54) is 4.31 Å². The van der Waals surface area contributed by atoms with Crippen LogP contribution < -0.4 is 0 Å². The van der Waals surface area contributed by atoms with Crippen LogP contribution in [-0.2, 0) is 19.5 Å². The highest BCUT2D eigenvalue weighted by Crippen LogP contribution is 2.39. The Labute approximate surface area is 158 Å². The van der Waals surface area contributed by atoms with Crippen molar-refractivity contribution in [2.45, 2.75) is 35.8 Å².